The molecule has 0 aliphatic carbocycles. The third kappa shape index (κ3) is 1.29. The normalized spacial score (nSPS) is 13.1. The maximum atomic E-state index is 11.2. The van der Waals surface area contributed by atoms with Crippen LogP contribution in [0.15, 0.2) is 30.5 Å². The Balaban J connectivity index is 2.45. The molecule has 0 aromatic heterocycles. The minimum Gasteiger partial charge on any atom is -0.382 e. The topological polar surface area (TPSA) is 70.6 Å². The molecule has 0 saturated heterocycles. The van der Waals surface area contributed by atoms with E-state index in [0.717, 1.165) is 0 Å². The molecule has 0 fully saturated rings. The van der Waals surface area contributed by atoms with Crippen molar-refractivity contribution >= 4 is 11.5 Å². The van der Waals surface area contributed by atoms with Crippen molar-refractivity contribution in [2.45, 2.75) is 0 Å². The average Bonchev–Trinajstić information content (AvgIpc) is 2.27. The summed E-state index contributed by atoms with van der Waals surface area (Å²) in [6.45, 7) is 0. The predicted molar refractivity (Wildman–Crippen MR) is 48.1 cm³/mol. The SMILES string of the molecule is O=C(NO)C1=CNOc2ccccc21. The number of benzene rings is 1. The molecule has 5 nitrogen and oxygen atoms in total. The number of fused-ring (bicyclic) bond motifs is 1. The second-order valence-electron chi connectivity index (χ2n) is 2.72. The van der Waals surface area contributed by atoms with Crippen LogP contribution in [0, 0.1) is 0 Å². The van der Waals surface area contributed by atoms with Gasteiger partial charge in [-0.15, -0.1) is 0 Å². The number of rotatable bonds is 1. The van der Waals surface area contributed by atoms with Crippen LogP contribution in [0.25, 0.3) is 5.57 Å². The monoisotopic (exact) mass is 192 g/mol. The lowest BCUT2D eigenvalue weighted by Crippen LogP contribution is -2.26. The van der Waals surface area contributed by atoms with Gasteiger partial charge in [-0.1, -0.05) is 18.2 Å². The molecule has 1 amide bonds. The molecule has 1 aliphatic heterocycles. The van der Waals surface area contributed by atoms with E-state index < -0.39 is 5.91 Å². The van der Waals surface area contributed by atoms with Gasteiger partial charge >= 0.3 is 0 Å². The fourth-order valence-electron chi connectivity index (χ4n) is 1.26. The lowest BCUT2D eigenvalue weighted by Gasteiger charge is -2.16. The summed E-state index contributed by atoms with van der Waals surface area (Å²) in [5, 5.41) is 8.50. The highest BCUT2D eigenvalue weighted by molar-refractivity contribution is 6.19. The second kappa shape index (κ2) is 3.39. The van der Waals surface area contributed by atoms with Crippen molar-refractivity contribution in [1.82, 2.24) is 11.0 Å². The van der Waals surface area contributed by atoms with E-state index >= 15 is 0 Å². The van der Waals surface area contributed by atoms with E-state index in [1.807, 2.05) is 0 Å². The first-order valence-corrected chi connectivity index (χ1v) is 3.99. The molecule has 0 radical (unpaired) electrons. The molecular weight excluding hydrogens is 184 g/mol. The van der Waals surface area contributed by atoms with Crippen LogP contribution >= 0.6 is 0 Å². The van der Waals surface area contributed by atoms with Crippen LogP contribution in [0.1, 0.15) is 5.56 Å². The van der Waals surface area contributed by atoms with Gasteiger partial charge in [0.2, 0.25) is 0 Å². The van der Waals surface area contributed by atoms with Crippen LogP contribution in [-0.4, -0.2) is 11.1 Å². The van der Waals surface area contributed by atoms with Gasteiger partial charge in [0.15, 0.2) is 5.75 Å². The molecule has 0 spiro atoms. The Morgan fingerprint density at radius 2 is 2.21 bits per heavy atom. The lowest BCUT2D eigenvalue weighted by molar-refractivity contribution is -0.123. The Bertz CT molecular complexity index is 401. The number of hydrogen-bond donors (Lipinski definition) is 3. The summed E-state index contributed by atoms with van der Waals surface area (Å²) >= 11 is 0. The predicted octanol–water partition coefficient (Wildman–Crippen LogP) is 0.430. The summed E-state index contributed by atoms with van der Waals surface area (Å²) in [4.78, 5) is 16.3. The Labute approximate surface area is 79.9 Å². The standard InChI is InChI=1S/C9H8N2O3/c12-9(11-13)7-5-10-14-8-4-2-1-3-6(7)8/h1-5,10,13H,(H,11,12). The largest absolute Gasteiger partial charge is 0.382 e. The first-order valence-electron chi connectivity index (χ1n) is 3.99. The van der Waals surface area contributed by atoms with Crippen LogP contribution in [0.2, 0.25) is 0 Å². The van der Waals surface area contributed by atoms with Crippen molar-refractivity contribution in [3.8, 4) is 5.75 Å². The van der Waals surface area contributed by atoms with Gasteiger partial charge in [0.1, 0.15) is 0 Å². The van der Waals surface area contributed by atoms with Crippen molar-refractivity contribution in [2.24, 2.45) is 0 Å². The van der Waals surface area contributed by atoms with Crippen LogP contribution in [0.3, 0.4) is 0 Å². The summed E-state index contributed by atoms with van der Waals surface area (Å²) in [7, 11) is 0. The van der Waals surface area contributed by atoms with Gasteiger partial charge in [-0.05, 0) is 6.07 Å². The Kier molecular flexibility index (Phi) is 2.08. The van der Waals surface area contributed by atoms with E-state index in [4.69, 9.17) is 10.0 Å². The summed E-state index contributed by atoms with van der Waals surface area (Å²) < 4.78 is 0. The highest BCUT2D eigenvalue weighted by Crippen LogP contribution is 2.27. The third-order valence-corrected chi connectivity index (χ3v) is 1.90. The molecule has 14 heavy (non-hydrogen) atoms. The maximum absolute atomic E-state index is 11.2. The first-order chi connectivity index (χ1) is 6.83. The lowest BCUT2D eigenvalue weighted by atomic mass is 10.0. The van der Waals surface area contributed by atoms with E-state index in [-0.39, 0.29) is 0 Å². The summed E-state index contributed by atoms with van der Waals surface area (Å²) in [5.41, 5.74) is 5.01. The molecule has 0 unspecified atom stereocenters. The first kappa shape index (κ1) is 8.58. The molecule has 72 valence electrons. The van der Waals surface area contributed by atoms with E-state index in [2.05, 4.69) is 5.48 Å². The number of para-hydroxylation sites is 1. The van der Waals surface area contributed by atoms with Gasteiger partial charge in [0.05, 0.1) is 5.57 Å². The quantitative estimate of drug-likeness (QED) is 0.445. The Morgan fingerprint density at radius 3 is 3.00 bits per heavy atom. The number of amides is 1. The van der Waals surface area contributed by atoms with Gasteiger partial charge in [0.25, 0.3) is 5.91 Å². The molecule has 1 aliphatic rings. The highest BCUT2D eigenvalue weighted by Gasteiger charge is 2.18. The number of hydrogen-bond acceptors (Lipinski definition) is 4. The second-order valence-corrected chi connectivity index (χ2v) is 2.72. The number of carbonyl (C=O) groups excluding carboxylic acids is 1. The summed E-state index contributed by atoms with van der Waals surface area (Å²) in [6.07, 6.45) is 1.38. The van der Waals surface area contributed by atoms with Gasteiger partial charge < -0.3 is 4.84 Å². The molecule has 3 N–H and O–H groups in total. The van der Waals surface area contributed by atoms with E-state index in [1.54, 1.807) is 29.7 Å². The Hall–Kier alpha value is -2.01. The molecule has 1 heterocycles. The molecular formula is C9H8N2O3. The van der Waals surface area contributed by atoms with Crippen LogP contribution < -0.4 is 15.8 Å². The van der Waals surface area contributed by atoms with Crippen LogP contribution in [0.5, 0.6) is 5.75 Å². The zero-order valence-electron chi connectivity index (χ0n) is 7.15. The number of nitrogens with one attached hydrogen (secondary N) is 2. The zero-order valence-corrected chi connectivity index (χ0v) is 7.15. The van der Waals surface area contributed by atoms with Crippen molar-refractivity contribution in [1.29, 1.82) is 0 Å². The van der Waals surface area contributed by atoms with Crippen molar-refractivity contribution in [3.05, 3.63) is 36.0 Å². The highest BCUT2D eigenvalue weighted by atomic mass is 16.6. The van der Waals surface area contributed by atoms with Gasteiger partial charge in [0, 0.05) is 11.8 Å². The van der Waals surface area contributed by atoms with Gasteiger partial charge in [-0.2, -0.15) is 0 Å². The molecule has 1 aromatic rings. The fourth-order valence-corrected chi connectivity index (χ4v) is 1.26. The van der Waals surface area contributed by atoms with Crippen molar-refractivity contribution < 1.29 is 14.8 Å². The smallest absolute Gasteiger partial charge is 0.276 e. The molecule has 0 bridgehead atoms. The maximum Gasteiger partial charge on any atom is 0.276 e. The Morgan fingerprint density at radius 1 is 1.43 bits per heavy atom. The fraction of sp³-hybridized carbons (Fsp3) is 0. The molecule has 1 aromatic carbocycles. The van der Waals surface area contributed by atoms with Crippen LogP contribution in [0.4, 0.5) is 0 Å². The van der Waals surface area contributed by atoms with Crippen molar-refractivity contribution in [3.63, 3.8) is 0 Å². The molecule has 2 rings (SSSR count). The molecule has 0 saturated carbocycles. The minimum atomic E-state index is -0.576. The third-order valence-electron chi connectivity index (χ3n) is 1.90. The van der Waals surface area contributed by atoms with Gasteiger partial charge in [-0.3, -0.25) is 10.0 Å². The van der Waals surface area contributed by atoms with E-state index in [1.165, 1.54) is 6.20 Å². The number of hydroxylamine groups is 2. The van der Waals surface area contributed by atoms with E-state index in [9.17, 15) is 4.79 Å². The molecule has 5 heteroatoms. The van der Waals surface area contributed by atoms with Crippen molar-refractivity contribution in [2.75, 3.05) is 0 Å². The minimum absolute atomic E-state index is 0.328. The van der Waals surface area contributed by atoms with Crippen LogP contribution in [-0.2, 0) is 4.79 Å². The zero-order chi connectivity index (χ0) is 9.97. The summed E-state index contributed by atoms with van der Waals surface area (Å²) in [5.74, 6) is -0.0261. The number of carbonyl (C=O) groups is 1. The van der Waals surface area contributed by atoms with E-state index in [0.29, 0.717) is 16.9 Å². The molecule has 0 atom stereocenters. The summed E-state index contributed by atoms with van der Waals surface area (Å²) in [6, 6.07) is 7.03. The van der Waals surface area contributed by atoms with Gasteiger partial charge in [-0.25, -0.2) is 11.0 Å². The average molecular weight is 192 g/mol.